The lowest BCUT2D eigenvalue weighted by molar-refractivity contribution is -0.156. The molecule has 1 aliphatic carbocycles. The van der Waals surface area contributed by atoms with Gasteiger partial charge in [0, 0.05) is 24.0 Å². The van der Waals surface area contributed by atoms with Crippen molar-refractivity contribution >= 4 is 22.3 Å². The van der Waals surface area contributed by atoms with Crippen molar-refractivity contribution in [1.82, 2.24) is 14.3 Å². The smallest absolute Gasteiger partial charge is 0.407 e. The summed E-state index contributed by atoms with van der Waals surface area (Å²) in [7, 11) is -4.09. The SMILES string of the molecule is C=CC[C@H]1CN(S(=O)(=O)N[C@@H]2C[C@H]2NC(=O)OC(C)(C)C)C[C@@]1(N=[N+]=[N-])C(=O)O[C@H](C)c1ccccc1. The Morgan fingerprint density at radius 2 is 2.00 bits per heavy atom. The Hall–Kier alpha value is -3.12. The lowest BCUT2D eigenvalue weighted by Crippen LogP contribution is -2.48. The van der Waals surface area contributed by atoms with Crippen LogP contribution in [-0.4, -0.2) is 61.1 Å². The maximum absolute atomic E-state index is 13.4. The van der Waals surface area contributed by atoms with Gasteiger partial charge in [0.25, 0.3) is 10.2 Å². The number of rotatable bonds is 10. The summed E-state index contributed by atoms with van der Waals surface area (Å²) in [6.45, 7) is 10.1. The van der Waals surface area contributed by atoms with Crippen LogP contribution in [0.25, 0.3) is 10.4 Å². The normalized spacial score (nSPS) is 26.4. The van der Waals surface area contributed by atoms with Crippen LogP contribution < -0.4 is 10.0 Å². The molecule has 5 atom stereocenters. The average Bonchev–Trinajstić information content (AvgIpc) is 3.39. The summed E-state index contributed by atoms with van der Waals surface area (Å²) in [5, 5.41) is 6.43. The van der Waals surface area contributed by atoms with Crippen LogP contribution >= 0.6 is 0 Å². The number of carbonyl (C=O) groups is 2. The molecule has 12 nitrogen and oxygen atoms in total. The fraction of sp³-hybridized carbons (Fsp3) is 0.583. The molecule has 1 amide bonds. The van der Waals surface area contributed by atoms with Gasteiger partial charge in [0.05, 0.1) is 6.04 Å². The predicted octanol–water partition coefficient (Wildman–Crippen LogP) is 3.35. The molecule has 0 bridgehead atoms. The summed E-state index contributed by atoms with van der Waals surface area (Å²) in [5.41, 5.74) is 7.61. The molecule has 2 aliphatic rings. The van der Waals surface area contributed by atoms with E-state index < -0.39 is 57.5 Å². The Balaban J connectivity index is 1.73. The number of nitrogens with one attached hydrogen (secondary N) is 2. The zero-order valence-corrected chi connectivity index (χ0v) is 22.3. The van der Waals surface area contributed by atoms with Gasteiger partial charge in [-0.2, -0.15) is 17.4 Å². The molecule has 1 aromatic rings. The van der Waals surface area contributed by atoms with Gasteiger partial charge in [0.2, 0.25) is 0 Å². The zero-order chi connectivity index (χ0) is 27.4. The highest BCUT2D eigenvalue weighted by molar-refractivity contribution is 7.87. The molecule has 1 aromatic carbocycles. The van der Waals surface area contributed by atoms with E-state index >= 15 is 0 Å². The quantitative estimate of drug-likeness (QED) is 0.154. The Morgan fingerprint density at radius 1 is 1.32 bits per heavy atom. The molecule has 1 saturated carbocycles. The van der Waals surface area contributed by atoms with Gasteiger partial charge >= 0.3 is 12.1 Å². The lowest BCUT2D eigenvalue weighted by atomic mass is 9.85. The Kier molecular flexibility index (Phi) is 8.53. The van der Waals surface area contributed by atoms with Crippen molar-refractivity contribution in [2.24, 2.45) is 11.0 Å². The summed E-state index contributed by atoms with van der Waals surface area (Å²) in [5.74, 6) is -1.48. The predicted molar refractivity (Wildman–Crippen MR) is 136 cm³/mol. The summed E-state index contributed by atoms with van der Waals surface area (Å²) in [6.07, 6.45) is 0.890. The van der Waals surface area contributed by atoms with Crippen molar-refractivity contribution in [3.05, 3.63) is 59.0 Å². The first-order valence-electron chi connectivity index (χ1n) is 12.0. The molecule has 13 heteroatoms. The van der Waals surface area contributed by atoms with Gasteiger partial charge < -0.3 is 14.8 Å². The van der Waals surface area contributed by atoms with Gasteiger partial charge in [-0.25, -0.2) is 4.79 Å². The number of ether oxygens (including phenoxy) is 2. The lowest BCUT2D eigenvalue weighted by Gasteiger charge is -2.28. The topological polar surface area (TPSA) is 163 Å². The molecule has 1 heterocycles. The van der Waals surface area contributed by atoms with Crippen molar-refractivity contribution in [3.63, 3.8) is 0 Å². The van der Waals surface area contributed by atoms with Crippen molar-refractivity contribution in [3.8, 4) is 0 Å². The standard InChI is InChI=1S/C24H34N6O6S/c1-6-10-18-14-30(37(33,34)27-20-13-19(20)26-22(32)36-23(3,4)5)15-24(18,28-29-25)21(31)35-16(2)17-11-8-7-9-12-17/h6-9,11-12,16,18-20,27H,1,10,13-15H2,2-5H3,(H,26,32)/t16-,18+,19-,20-,24+/m1/s1. The van der Waals surface area contributed by atoms with Crippen LogP contribution in [0.3, 0.4) is 0 Å². The highest BCUT2D eigenvalue weighted by atomic mass is 32.2. The summed E-state index contributed by atoms with van der Waals surface area (Å²) < 4.78 is 40.9. The van der Waals surface area contributed by atoms with E-state index in [1.54, 1.807) is 45.9 Å². The molecule has 3 rings (SSSR count). The molecule has 37 heavy (non-hydrogen) atoms. The van der Waals surface area contributed by atoms with E-state index in [9.17, 15) is 23.5 Å². The van der Waals surface area contributed by atoms with E-state index in [2.05, 4.69) is 26.6 Å². The van der Waals surface area contributed by atoms with E-state index in [1.807, 2.05) is 18.2 Å². The minimum absolute atomic E-state index is 0.0773. The van der Waals surface area contributed by atoms with Crippen LogP contribution in [0.4, 0.5) is 4.79 Å². The largest absolute Gasteiger partial charge is 0.457 e. The molecular weight excluding hydrogens is 500 g/mol. The molecule has 0 spiro atoms. The number of esters is 1. The minimum atomic E-state index is -4.09. The highest BCUT2D eigenvalue weighted by Gasteiger charge is 2.56. The minimum Gasteiger partial charge on any atom is -0.457 e. The van der Waals surface area contributed by atoms with Crippen LogP contribution in [0.15, 0.2) is 48.1 Å². The monoisotopic (exact) mass is 534 g/mol. The number of carbonyl (C=O) groups excluding carboxylic acids is 2. The second-order valence-electron chi connectivity index (χ2n) is 10.3. The number of alkyl carbamates (subject to hydrolysis) is 1. The molecule has 202 valence electrons. The average molecular weight is 535 g/mol. The number of amides is 1. The molecule has 2 N–H and O–H groups in total. The zero-order valence-electron chi connectivity index (χ0n) is 21.5. The second-order valence-corrected chi connectivity index (χ2v) is 12.0. The number of benzene rings is 1. The third-order valence-electron chi connectivity index (χ3n) is 6.23. The van der Waals surface area contributed by atoms with Gasteiger partial charge in [0.15, 0.2) is 5.54 Å². The van der Waals surface area contributed by atoms with Crippen LogP contribution in [0, 0.1) is 5.92 Å². The summed E-state index contributed by atoms with van der Waals surface area (Å²) >= 11 is 0. The summed E-state index contributed by atoms with van der Waals surface area (Å²) in [6, 6.07) is 8.09. The van der Waals surface area contributed by atoms with E-state index in [1.165, 1.54) is 0 Å². The van der Waals surface area contributed by atoms with E-state index in [0.717, 1.165) is 9.87 Å². The maximum Gasteiger partial charge on any atom is 0.407 e. The molecule has 0 aromatic heterocycles. The first-order chi connectivity index (χ1) is 17.3. The van der Waals surface area contributed by atoms with Gasteiger partial charge in [-0.15, -0.1) is 6.58 Å². The van der Waals surface area contributed by atoms with Crippen molar-refractivity contribution in [2.75, 3.05) is 13.1 Å². The molecule has 1 saturated heterocycles. The number of allylic oxidation sites excluding steroid dienone is 1. The fourth-order valence-electron chi connectivity index (χ4n) is 4.24. The first-order valence-corrected chi connectivity index (χ1v) is 13.5. The van der Waals surface area contributed by atoms with E-state index in [-0.39, 0.29) is 19.5 Å². The molecule has 1 aliphatic heterocycles. The van der Waals surface area contributed by atoms with Gasteiger partial charge in [-0.05, 0) is 57.5 Å². The third kappa shape index (κ3) is 7.01. The van der Waals surface area contributed by atoms with Crippen molar-refractivity contribution in [2.45, 2.75) is 69.9 Å². The number of nitrogens with zero attached hydrogens (tertiary/aromatic N) is 4. The van der Waals surface area contributed by atoms with Crippen LogP contribution in [0.2, 0.25) is 0 Å². The van der Waals surface area contributed by atoms with Crippen LogP contribution in [-0.2, 0) is 24.5 Å². The number of azide groups is 1. The van der Waals surface area contributed by atoms with E-state index in [4.69, 9.17) is 9.47 Å². The Bertz CT molecular complexity index is 1160. The fourth-order valence-corrected chi connectivity index (χ4v) is 5.78. The molecule has 2 fully saturated rings. The second kappa shape index (κ2) is 11.1. The van der Waals surface area contributed by atoms with E-state index in [0.29, 0.717) is 6.42 Å². The third-order valence-corrected chi connectivity index (χ3v) is 7.79. The van der Waals surface area contributed by atoms with Gasteiger partial charge in [-0.3, -0.25) is 4.79 Å². The Labute approximate surface area is 217 Å². The van der Waals surface area contributed by atoms with Gasteiger partial charge in [-0.1, -0.05) is 41.5 Å². The molecule has 0 radical (unpaired) electrons. The highest BCUT2D eigenvalue weighted by Crippen LogP contribution is 2.38. The molecular formula is C24H34N6O6S. The summed E-state index contributed by atoms with van der Waals surface area (Å²) in [4.78, 5) is 28.3. The number of hydrogen-bond donors (Lipinski definition) is 2. The first kappa shape index (κ1) is 28.5. The van der Waals surface area contributed by atoms with Crippen LogP contribution in [0.5, 0.6) is 0 Å². The van der Waals surface area contributed by atoms with Crippen molar-refractivity contribution in [1.29, 1.82) is 0 Å². The van der Waals surface area contributed by atoms with Gasteiger partial charge in [0.1, 0.15) is 11.7 Å². The Morgan fingerprint density at radius 3 is 2.59 bits per heavy atom. The molecule has 0 unspecified atom stereocenters. The number of hydrogen-bond acceptors (Lipinski definition) is 7. The van der Waals surface area contributed by atoms with Crippen LogP contribution in [0.1, 0.15) is 52.2 Å². The maximum atomic E-state index is 13.4. The van der Waals surface area contributed by atoms with Crippen molar-refractivity contribution < 1.29 is 27.5 Å².